The van der Waals surface area contributed by atoms with Crippen molar-refractivity contribution in [2.45, 2.75) is 45.8 Å². The summed E-state index contributed by atoms with van der Waals surface area (Å²) in [6.07, 6.45) is 3.59. The number of nitrogens with zero attached hydrogens (tertiary/aromatic N) is 1. The fraction of sp³-hybridized carbons (Fsp3) is 1.00. The Morgan fingerprint density at radius 1 is 1.25 bits per heavy atom. The molecular formula is C13H26N2O. The molecule has 0 saturated carbocycles. The maximum Gasteiger partial charge on any atom is 0.0707 e. The van der Waals surface area contributed by atoms with Gasteiger partial charge in [0.15, 0.2) is 0 Å². The molecule has 0 amide bonds. The van der Waals surface area contributed by atoms with Crippen molar-refractivity contribution in [3.63, 3.8) is 0 Å². The van der Waals surface area contributed by atoms with E-state index in [0.717, 1.165) is 26.2 Å². The van der Waals surface area contributed by atoms with Gasteiger partial charge < -0.3 is 10.1 Å². The highest BCUT2D eigenvalue weighted by atomic mass is 16.5. The average Bonchev–Trinajstić information content (AvgIpc) is 2.55. The topological polar surface area (TPSA) is 24.5 Å². The van der Waals surface area contributed by atoms with Crippen molar-refractivity contribution < 1.29 is 4.74 Å². The Morgan fingerprint density at radius 2 is 1.88 bits per heavy atom. The highest BCUT2D eigenvalue weighted by Crippen LogP contribution is 2.28. The molecule has 0 spiro atoms. The molecule has 1 N–H and O–H groups in total. The van der Waals surface area contributed by atoms with E-state index in [-0.39, 0.29) is 0 Å². The standard InChI is InChI=1S/C13H26N2O/c1-4-14-9-13(2,3)10-15-7-11-5-6-12(8-15)16-11/h11-12,14H,4-10H2,1-3H3. The third kappa shape index (κ3) is 3.19. The summed E-state index contributed by atoms with van der Waals surface area (Å²) in [6, 6.07) is 0. The molecule has 2 aliphatic rings. The molecular weight excluding hydrogens is 200 g/mol. The molecule has 2 aliphatic heterocycles. The van der Waals surface area contributed by atoms with E-state index < -0.39 is 0 Å². The second-order valence-electron chi connectivity index (χ2n) is 6.10. The summed E-state index contributed by atoms with van der Waals surface area (Å²) < 4.78 is 5.87. The fourth-order valence-corrected chi connectivity index (χ4v) is 2.95. The Hall–Kier alpha value is -0.120. The molecule has 0 aromatic rings. The summed E-state index contributed by atoms with van der Waals surface area (Å²) in [7, 11) is 0. The fourth-order valence-electron chi connectivity index (χ4n) is 2.95. The first-order valence-corrected chi connectivity index (χ1v) is 6.67. The van der Waals surface area contributed by atoms with E-state index in [1.165, 1.54) is 19.4 Å². The van der Waals surface area contributed by atoms with Crippen molar-refractivity contribution in [2.75, 3.05) is 32.7 Å². The largest absolute Gasteiger partial charge is 0.372 e. The molecule has 0 radical (unpaired) electrons. The van der Waals surface area contributed by atoms with E-state index in [9.17, 15) is 0 Å². The Kier molecular flexibility index (Phi) is 3.88. The molecule has 2 atom stereocenters. The third-order valence-corrected chi connectivity index (χ3v) is 3.62. The Balaban J connectivity index is 1.80. The number of hydrogen-bond donors (Lipinski definition) is 1. The average molecular weight is 226 g/mol. The molecule has 2 unspecified atom stereocenters. The minimum Gasteiger partial charge on any atom is -0.372 e. The number of likely N-dealkylation sites (tertiary alicyclic amines) is 1. The van der Waals surface area contributed by atoms with Crippen LogP contribution in [0.15, 0.2) is 0 Å². The van der Waals surface area contributed by atoms with Gasteiger partial charge >= 0.3 is 0 Å². The van der Waals surface area contributed by atoms with E-state index in [4.69, 9.17) is 4.74 Å². The van der Waals surface area contributed by atoms with Crippen LogP contribution in [0.2, 0.25) is 0 Å². The van der Waals surface area contributed by atoms with Gasteiger partial charge in [0, 0.05) is 26.2 Å². The maximum atomic E-state index is 5.87. The summed E-state index contributed by atoms with van der Waals surface area (Å²) in [4.78, 5) is 2.60. The number of nitrogens with one attached hydrogen (secondary N) is 1. The van der Waals surface area contributed by atoms with Crippen LogP contribution in [0, 0.1) is 5.41 Å². The first kappa shape index (κ1) is 12.3. The monoisotopic (exact) mass is 226 g/mol. The lowest BCUT2D eigenvalue weighted by Crippen LogP contribution is -2.48. The summed E-state index contributed by atoms with van der Waals surface area (Å²) >= 11 is 0. The molecule has 3 heteroatoms. The van der Waals surface area contributed by atoms with Crippen LogP contribution in [0.3, 0.4) is 0 Å². The van der Waals surface area contributed by atoms with Gasteiger partial charge in [0.05, 0.1) is 12.2 Å². The van der Waals surface area contributed by atoms with Crippen LogP contribution < -0.4 is 5.32 Å². The van der Waals surface area contributed by atoms with Crippen LogP contribution in [0.25, 0.3) is 0 Å². The summed E-state index contributed by atoms with van der Waals surface area (Å²) in [5, 5.41) is 3.46. The zero-order valence-corrected chi connectivity index (χ0v) is 11.0. The molecule has 2 heterocycles. The van der Waals surface area contributed by atoms with Crippen LogP contribution >= 0.6 is 0 Å². The lowest BCUT2D eigenvalue weighted by atomic mass is 9.92. The van der Waals surface area contributed by atoms with Crippen molar-refractivity contribution in [3.8, 4) is 0 Å². The normalized spacial score (nSPS) is 30.9. The highest BCUT2D eigenvalue weighted by Gasteiger charge is 2.35. The van der Waals surface area contributed by atoms with Crippen LogP contribution in [0.5, 0.6) is 0 Å². The van der Waals surface area contributed by atoms with Gasteiger partial charge in [0.1, 0.15) is 0 Å². The highest BCUT2D eigenvalue weighted by molar-refractivity contribution is 4.87. The lowest BCUT2D eigenvalue weighted by Gasteiger charge is -2.37. The quantitative estimate of drug-likeness (QED) is 0.768. The summed E-state index contributed by atoms with van der Waals surface area (Å²) in [5.74, 6) is 0. The van der Waals surface area contributed by atoms with E-state index >= 15 is 0 Å². The van der Waals surface area contributed by atoms with Gasteiger partial charge in [0.25, 0.3) is 0 Å². The van der Waals surface area contributed by atoms with Gasteiger partial charge in [-0.1, -0.05) is 20.8 Å². The van der Waals surface area contributed by atoms with Crippen LogP contribution in [-0.2, 0) is 4.74 Å². The van der Waals surface area contributed by atoms with Gasteiger partial charge in [-0.3, -0.25) is 4.90 Å². The first-order valence-electron chi connectivity index (χ1n) is 6.67. The summed E-state index contributed by atoms with van der Waals surface area (Å²) in [6.45, 7) is 12.5. The first-order chi connectivity index (χ1) is 7.59. The minimum atomic E-state index is 0.368. The van der Waals surface area contributed by atoms with Crippen molar-refractivity contribution in [3.05, 3.63) is 0 Å². The van der Waals surface area contributed by atoms with E-state index in [1.54, 1.807) is 0 Å². The molecule has 2 fully saturated rings. The van der Waals surface area contributed by atoms with Gasteiger partial charge in [-0.25, -0.2) is 0 Å². The maximum absolute atomic E-state index is 5.87. The predicted octanol–water partition coefficient (Wildman–Crippen LogP) is 1.49. The molecule has 3 nitrogen and oxygen atoms in total. The van der Waals surface area contributed by atoms with Crippen molar-refractivity contribution in [2.24, 2.45) is 5.41 Å². The molecule has 0 aliphatic carbocycles. The number of ether oxygens (including phenoxy) is 1. The second-order valence-corrected chi connectivity index (χ2v) is 6.10. The van der Waals surface area contributed by atoms with E-state index in [2.05, 4.69) is 31.0 Å². The molecule has 16 heavy (non-hydrogen) atoms. The number of hydrogen-bond acceptors (Lipinski definition) is 3. The molecule has 0 aromatic carbocycles. The molecule has 2 rings (SSSR count). The van der Waals surface area contributed by atoms with Crippen molar-refractivity contribution in [1.82, 2.24) is 10.2 Å². The van der Waals surface area contributed by atoms with Crippen molar-refractivity contribution >= 4 is 0 Å². The van der Waals surface area contributed by atoms with Crippen LogP contribution in [0.4, 0.5) is 0 Å². The Morgan fingerprint density at radius 3 is 2.44 bits per heavy atom. The Labute approximate surface area is 99.5 Å². The smallest absolute Gasteiger partial charge is 0.0707 e. The van der Waals surface area contributed by atoms with E-state index in [0.29, 0.717) is 17.6 Å². The third-order valence-electron chi connectivity index (χ3n) is 3.62. The SMILES string of the molecule is CCNCC(C)(C)CN1CC2CCC(C1)O2. The van der Waals surface area contributed by atoms with Crippen LogP contribution in [-0.4, -0.2) is 49.8 Å². The van der Waals surface area contributed by atoms with E-state index in [1.807, 2.05) is 0 Å². The second kappa shape index (κ2) is 5.03. The number of rotatable bonds is 5. The zero-order valence-electron chi connectivity index (χ0n) is 11.0. The molecule has 0 aromatic heterocycles. The van der Waals surface area contributed by atoms with Gasteiger partial charge in [0.2, 0.25) is 0 Å². The van der Waals surface area contributed by atoms with Crippen molar-refractivity contribution in [1.29, 1.82) is 0 Å². The van der Waals surface area contributed by atoms with Gasteiger partial charge in [-0.15, -0.1) is 0 Å². The predicted molar refractivity (Wildman–Crippen MR) is 66.7 cm³/mol. The molecule has 2 saturated heterocycles. The van der Waals surface area contributed by atoms with Crippen LogP contribution in [0.1, 0.15) is 33.6 Å². The number of morpholine rings is 1. The summed E-state index contributed by atoms with van der Waals surface area (Å²) in [5.41, 5.74) is 0.368. The van der Waals surface area contributed by atoms with Gasteiger partial charge in [-0.05, 0) is 24.8 Å². The van der Waals surface area contributed by atoms with Gasteiger partial charge in [-0.2, -0.15) is 0 Å². The number of fused-ring (bicyclic) bond motifs is 2. The molecule has 2 bridgehead atoms. The molecule has 94 valence electrons. The minimum absolute atomic E-state index is 0.368. The lowest BCUT2D eigenvalue weighted by molar-refractivity contribution is -0.0476. The Bertz CT molecular complexity index is 218. The zero-order chi connectivity index (χ0) is 11.6.